The molecule has 0 saturated heterocycles. The molecule has 0 atom stereocenters. The summed E-state index contributed by atoms with van der Waals surface area (Å²) in [7, 11) is 0. The second-order valence-corrected chi connectivity index (χ2v) is 5.69. The van der Waals surface area contributed by atoms with Crippen molar-refractivity contribution >= 4 is 11.6 Å². The third-order valence-corrected chi connectivity index (χ3v) is 3.01. The van der Waals surface area contributed by atoms with E-state index in [0.29, 0.717) is 12.2 Å². The molecule has 6 nitrogen and oxygen atoms in total. The van der Waals surface area contributed by atoms with Crippen molar-refractivity contribution in [2.75, 3.05) is 17.3 Å². The molecule has 1 aromatic rings. The van der Waals surface area contributed by atoms with Gasteiger partial charge in [0.05, 0.1) is 0 Å². The van der Waals surface area contributed by atoms with Crippen LogP contribution in [0.3, 0.4) is 0 Å². The van der Waals surface area contributed by atoms with E-state index in [0.717, 1.165) is 17.2 Å². The van der Waals surface area contributed by atoms with Crippen LogP contribution in [0.2, 0.25) is 0 Å². The summed E-state index contributed by atoms with van der Waals surface area (Å²) < 4.78 is 0. The smallest absolute Gasteiger partial charge is 0.148 e. The first-order chi connectivity index (χ1) is 8.80. The molecular weight excluding hydrogens is 242 g/mol. The highest BCUT2D eigenvalue weighted by molar-refractivity contribution is 5.57. The Labute approximate surface area is 114 Å². The van der Waals surface area contributed by atoms with Gasteiger partial charge in [-0.1, -0.05) is 13.8 Å². The molecule has 0 amide bonds. The molecular formula is C13H25N5O. The molecule has 19 heavy (non-hydrogen) atoms. The summed E-state index contributed by atoms with van der Waals surface area (Å²) >= 11 is 0. The molecule has 0 aliphatic heterocycles. The van der Waals surface area contributed by atoms with E-state index in [1.807, 2.05) is 34.6 Å². The zero-order valence-electron chi connectivity index (χ0n) is 12.4. The van der Waals surface area contributed by atoms with Crippen molar-refractivity contribution in [3.05, 3.63) is 11.4 Å². The van der Waals surface area contributed by atoms with E-state index in [4.69, 9.17) is 10.9 Å². The SMILES string of the molecule is Cc1c(NN)nc(C(C)C)nc1NC(C)(C)CCO. The number of nitrogen functional groups attached to an aromatic ring is 1. The Hall–Kier alpha value is -1.40. The van der Waals surface area contributed by atoms with Gasteiger partial charge in [-0.05, 0) is 27.2 Å². The fraction of sp³-hybridized carbons (Fsp3) is 0.692. The van der Waals surface area contributed by atoms with Crippen LogP contribution in [0, 0.1) is 6.92 Å². The monoisotopic (exact) mass is 267 g/mol. The average molecular weight is 267 g/mol. The average Bonchev–Trinajstić information content (AvgIpc) is 2.31. The van der Waals surface area contributed by atoms with Crippen LogP contribution in [0.15, 0.2) is 0 Å². The number of hydrogen-bond acceptors (Lipinski definition) is 6. The van der Waals surface area contributed by atoms with Gasteiger partial charge in [-0.15, -0.1) is 0 Å². The molecule has 0 fully saturated rings. The van der Waals surface area contributed by atoms with Gasteiger partial charge in [-0.2, -0.15) is 0 Å². The second kappa shape index (κ2) is 6.16. The first-order valence-corrected chi connectivity index (χ1v) is 6.55. The minimum absolute atomic E-state index is 0.128. The predicted molar refractivity (Wildman–Crippen MR) is 78.1 cm³/mol. The highest BCUT2D eigenvalue weighted by Gasteiger charge is 2.20. The second-order valence-electron chi connectivity index (χ2n) is 5.69. The van der Waals surface area contributed by atoms with Crippen molar-refractivity contribution < 1.29 is 5.11 Å². The summed E-state index contributed by atoms with van der Waals surface area (Å²) in [5.74, 6) is 7.84. The molecule has 0 saturated carbocycles. The first kappa shape index (κ1) is 15.7. The van der Waals surface area contributed by atoms with Gasteiger partial charge in [0, 0.05) is 23.6 Å². The highest BCUT2D eigenvalue weighted by Crippen LogP contribution is 2.25. The maximum absolute atomic E-state index is 9.09. The van der Waals surface area contributed by atoms with Crippen LogP contribution in [0.25, 0.3) is 0 Å². The third-order valence-electron chi connectivity index (χ3n) is 3.01. The summed E-state index contributed by atoms with van der Waals surface area (Å²) in [6.07, 6.45) is 0.638. The van der Waals surface area contributed by atoms with E-state index in [9.17, 15) is 0 Å². The van der Waals surface area contributed by atoms with Crippen molar-refractivity contribution in [1.29, 1.82) is 0 Å². The molecule has 1 rings (SSSR count). The molecule has 108 valence electrons. The molecule has 0 radical (unpaired) electrons. The van der Waals surface area contributed by atoms with Crippen LogP contribution in [0.1, 0.15) is 51.4 Å². The van der Waals surface area contributed by atoms with Gasteiger partial charge in [0.25, 0.3) is 0 Å². The van der Waals surface area contributed by atoms with E-state index in [1.54, 1.807) is 0 Å². The van der Waals surface area contributed by atoms with E-state index in [2.05, 4.69) is 20.7 Å². The van der Waals surface area contributed by atoms with E-state index < -0.39 is 0 Å². The number of hydrogen-bond donors (Lipinski definition) is 4. The zero-order valence-corrected chi connectivity index (χ0v) is 12.4. The number of hydrazine groups is 1. The summed E-state index contributed by atoms with van der Waals surface area (Å²) in [5.41, 5.74) is 3.24. The molecule has 1 aromatic heterocycles. The molecule has 6 heteroatoms. The van der Waals surface area contributed by atoms with Gasteiger partial charge in [0.2, 0.25) is 0 Å². The van der Waals surface area contributed by atoms with Crippen LogP contribution < -0.4 is 16.6 Å². The Morgan fingerprint density at radius 2 is 1.84 bits per heavy atom. The molecule has 0 bridgehead atoms. The van der Waals surface area contributed by atoms with Gasteiger partial charge >= 0.3 is 0 Å². The number of rotatable bonds is 6. The van der Waals surface area contributed by atoms with Gasteiger partial charge in [-0.3, -0.25) is 0 Å². The summed E-state index contributed by atoms with van der Waals surface area (Å²) in [5, 5.41) is 12.4. The maximum atomic E-state index is 9.09. The number of aliphatic hydroxyl groups excluding tert-OH is 1. The molecule has 5 N–H and O–H groups in total. The van der Waals surface area contributed by atoms with E-state index >= 15 is 0 Å². The fourth-order valence-electron chi connectivity index (χ4n) is 1.72. The van der Waals surface area contributed by atoms with Gasteiger partial charge in [0.15, 0.2) is 0 Å². The van der Waals surface area contributed by atoms with Crippen molar-refractivity contribution in [2.24, 2.45) is 5.84 Å². The van der Waals surface area contributed by atoms with Crippen molar-refractivity contribution in [2.45, 2.75) is 52.5 Å². The van der Waals surface area contributed by atoms with Crippen LogP contribution in [0.5, 0.6) is 0 Å². The first-order valence-electron chi connectivity index (χ1n) is 6.55. The summed E-state index contributed by atoms with van der Waals surface area (Å²) in [6.45, 7) is 10.2. The third kappa shape index (κ3) is 4.04. The van der Waals surface area contributed by atoms with Crippen LogP contribution >= 0.6 is 0 Å². The highest BCUT2D eigenvalue weighted by atomic mass is 16.3. The van der Waals surface area contributed by atoms with Gasteiger partial charge < -0.3 is 15.8 Å². The molecule has 0 aliphatic carbocycles. The molecule has 0 spiro atoms. The minimum atomic E-state index is -0.242. The topological polar surface area (TPSA) is 96.1 Å². The van der Waals surface area contributed by atoms with Crippen LogP contribution in [-0.4, -0.2) is 27.2 Å². The Kier molecular flexibility index (Phi) is 5.08. The lowest BCUT2D eigenvalue weighted by atomic mass is 10.0. The minimum Gasteiger partial charge on any atom is -0.396 e. The quantitative estimate of drug-likeness (QED) is 0.463. The van der Waals surface area contributed by atoms with Gasteiger partial charge in [0.1, 0.15) is 17.5 Å². The lowest BCUT2D eigenvalue weighted by Crippen LogP contribution is -2.33. The Morgan fingerprint density at radius 3 is 2.32 bits per heavy atom. The maximum Gasteiger partial charge on any atom is 0.148 e. The fourth-order valence-corrected chi connectivity index (χ4v) is 1.72. The molecule has 0 aliphatic rings. The van der Waals surface area contributed by atoms with Crippen molar-refractivity contribution in [1.82, 2.24) is 9.97 Å². The predicted octanol–water partition coefficient (Wildman–Crippen LogP) is 1.77. The number of aliphatic hydroxyl groups is 1. The number of nitrogens with one attached hydrogen (secondary N) is 2. The van der Waals surface area contributed by atoms with E-state index in [1.165, 1.54) is 0 Å². The Balaban J connectivity index is 3.15. The zero-order chi connectivity index (χ0) is 14.6. The van der Waals surface area contributed by atoms with Gasteiger partial charge in [-0.25, -0.2) is 15.8 Å². The lowest BCUT2D eigenvalue weighted by molar-refractivity contribution is 0.260. The number of anilines is 2. The lowest BCUT2D eigenvalue weighted by Gasteiger charge is -2.27. The molecule has 0 aromatic carbocycles. The van der Waals surface area contributed by atoms with Crippen molar-refractivity contribution in [3.63, 3.8) is 0 Å². The van der Waals surface area contributed by atoms with Crippen LogP contribution in [-0.2, 0) is 0 Å². The number of nitrogens with two attached hydrogens (primary N) is 1. The normalized spacial score (nSPS) is 11.8. The molecule has 0 unspecified atom stereocenters. The molecule has 1 heterocycles. The summed E-state index contributed by atoms with van der Waals surface area (Å²) in [6, 6.07) is 0. The standard InChI is InChI=1S/C13H25N5O/c1-8(2)10-15-11(9(3)12(16-10)18-14)17-13(4,5)6-7-19/h8,19H,6-7,14H2,1-5H3,(H2,15,16,17,18). The Bertz CT molecular complexity index is 431. The Morgan fingerprint density at radius 1 is 1.26 bits per heavy atom. The van der Waals surface area contributed by atoms with Crippen molar-refractivity contribution in [3.8, 4) is 0 Å². The number of aromatic nitrogens is 2. The number of nitrogens with zero attached hydrogens (tertiary/aromatic N) is 2. The summed E-state index contributed by atoms with van der Waals surface area (Å²) in [4.78, 5) is 8.94. The van der Waals surface area contributed by atoms with Crippen LogP contribution in [0.4, 0.5) is 11.6 Å². The largest absolute Gasteiger partial charge is 0.396 e. The van der Waals surface area contributed by atoms with E-state index in [-0.39, 0.29) is 18.1 Å².